The van der Waals surface area contributed by atoms with Crippen molar-refractivity contribution in [3.63, 3.8) is 0 Å². The molecule has 1 aromatic rings. The Morgan fingerprint density at radius 3 is 2.68 bits per heavy atom. The van der Waals surface area contributed by atoms with Crippen LogP contribution in [-0.4, -0.2) is 42.6 Å². The topological polar surface area (TPSA) is 122 Å². The van der Waals surface area contributed by atoms with Gasteiger partial charge in [0.1, 0.15) is 0 Å². The minimum absolute atomic E-state index is 0.103. The Kier molecular flexibility index (Phi) is 3.25. The summed E-state index contributed by atoms with van der Waals surface area (Å²) in [4.78, 5) is 26.0. The van der Waals surface area contributed by atoms with E-state index >= 15 is 0 Å². The van der Waals surface area contributed by atoms with Crippen molar-refractivity contribution in [2.75, 3.05) is 0 Å². The van der Waals surface area contributed by atoms with Gasteiger partial charge in [0.15, 0.2) is 5.16 Å². The maximum Gasteiger partial charge on any atom is 0.377 e. The molecule has 0 aliphatic carbocycles. The lowest BCUT2D eigenvalue weighted by molar-refractivity contribution is -0.204. The van der Waals surface area contributed by atoms with Crippen LogP contribution in [0.25, 0.3) is 0 Å². The van der Waals surface area contributed by atoms with Gasteiger partial charge in [0, 0.05) is 24.3 Å². The lowest BCUT2D eigenvalue weighted by Gasteiger charge is -2.16. The van der Waals surface area contributed by atoms with Crippen LogP contribution in [0.15, 0.2) is 28.2 Å². The van der Waals surface area contributed by atoms with E-state index in [4.69, 9.17) is 10.2 Å². The number of imidazole rings is 1. The van der Waals surface area contributed by atoms with Crippen LogP contribution < -0.4 is 0 Å². The monoisotopic (exact) mass is 286 g/mol. The number of nitrogens with zero attached hydrogens (tertiary/aromatic N) is 2. The number of aromatic nitrogens is 2. The van der Waals surface area contributed by atoms with Gasteiger partial charge in [0.25, 0.3) is 0 Å². The molecule has 2 heterocycles. The number of rotatable bonds is 4. The van der Waals surface area contributed by atoms with Crippen molar-refractivity contribution in [1.29, 1.82) is 0 Å². The van der Waals surface area contributed by atoms with Crippen LogP contribution in [0.1, 0.15) is 6.42 Å². The van der Waals surface area contributed by atoms with E-state index in [2.05, 4.69) is 9.72 Å². The molecule has 102 valence electrons. The normalized spacial score (nSPS) is 22.4. The molecule has 0 fully saturated rings. The van der Waals surface area contributed by atoms with E-state index in [1.165, 1.54) is 6.20 Å². The number of aliphatic hydroxyl groups is 1. The number of carboxylic acids is 2. The predicted octanol–water partition coefficient (Wildman–Crippen LogP) is 0.00190. The number of thioether (sulfide) groups is 1. The van der Waals surface area contributed by atoms with Crippen LogP contribution in [0, 0.1) is 0 Å². The van der Waals surface area contributed by atoms with E-state index in [9.17, 15) is 14.7 Å². The summed E-state index contributed by atoms with van der Waals surface area (Å²) in [6.45, 7) is 0. The minimum atomic E-state index is -2.54. The van der Waals surface area contributed by atoms with Gasteiger partial charge in [0.2, 0.25) is 5.76 Å². The van der Waals surface area contributed by atoms with Gasteiger partial charge in [-0.15, -0.1) is 0 Å². The summed E-state index contributed by atoms with van der Waals surface area (Å²) in [6.07, 6.45) is 2.73. The van der Waals surface area contributed by atoms with Crippen molar-refractivity contribution in [2.45, 2.75) is 17.4 Å². The highest BCUT2D eigenvalue weighted by Gasteiger charge is 2.48. The number of carboxylic acid groups (broad SMARTS) is 2. The van der Waals surface area contributed by atoms with Crippen LogP contribution in [-0.2, 0) is 21.4 Å². The number of hydrogen-bond acceptors (Lipinski definition) is 6. The molecule has 0 saturated carbocycles. The van der Waals surface area contributed by atoms with Gasteiger partial charge in [-0.2, -0.15) is 0 Å². The first kappa shape index (κ1) is 13.4. The molecular formula is C10H10N2O6S. The molecule has 19 heavy (non-hydrogen) atoms. The number of aliphatic carboxylic acids is 2. The van der Waals surface area contributed by atoms with Crippen molar-refractivity contribution in [3.8, 4) is 0 Å². The van der Waals surface area contributed by atoms with E-state index in [0.717, 1.165) is 11.8 Å². The Labute approximate surface area is 111 Å². The Morgan fingerprint density at radius 1 is 1.53 bits per heavy atom. The SMILES string of the molecule is Cn1ccnc1SC1=C(C(=O)O)OC(O)(C(=O)O)C1. The molecule has 0 radical (unpaired) electrons. The zero-order valence-electron chi connectivity index (χ0n) is 9.73. The fourth-order valence-corrected chi connectivity index (χ4v) is 2.51. The van der Waals surface area contributed by atoms with Crippen molar-refractivity contribution in [1.82, 2.24) is 9.55 Å². The van der Waals surface area contributed by atoms with E-state index in [0.29, 0.717) is 5.16 Å². The number of aryl methyl sites for hydroxylation is 1. The fourth-order valence-electron chi connectivity index (χ4n) is 1.48. The highest BCUT2D eigenvalue weighted by Crippen LogP contribution is 2.41. The van der Waals surface area contributed by atoms with Crippen molar-refractivity contribution in [3.05, 3.63) is 23.1 Å². The molecule has 1 atom stereocenters. The lowest BCUT2D eigenvalue weighted by Crippen LogP contribution is -2.38. The van der Waals surface area contributed by atoms with Crippen LogP contribution in [0.4, 0.5) is 0 Å². The molecule has 1 aliphatic heterocycles. The molecule has 0 aromatic carbocycles. The molecule has 0 bridgehead atoms. The van der Waals surface area contributed by atoms with Gasteiger partial charge in [-0.05, 0) is 0 Å². The second-order valence-electron chi connectivity index (χ2n) is 3.85. The molecule has 1 aromatic heterocycles. The van der Waals surface area contributed by atoms with Crippen molar-refractivity contribution < 1.29 is 29.6 Å². The summed E-state index contributed by atoms with van der Waals surface area (Å²) in [7, 11) is 1.70. The summed E-state index contributed by atoms with van der Waals surface area (Å²) in [5.74, 6) is -6.19. The van der Waals surface area contributed by atoms with Gasteiger partial charge < -0.3 is 24.6 Å². The Morgan fingerprint density at radius 2 is 2.21 bits per heavy atom. The summed E-state index contributed by atoms with van der Waals surface area (Å²) >= 11 is 0.943. The van der Waals surface area contributed by atoms with E-state index < -0.39 is 29.9 Å². The number of carbonyl (C=O) groups is 2. The maximum absolute atomic E-state index is 11.0. The van der Waals surface area contributed by atoms with Gasteiger partial charge in [0.05, 0.1) is 6.42 Å². The summed E-state index contributed by atoms with van der Waals surface area (Å²) < 4.78 is 6.29. The Bertz CT molecular complexity index is 580. The van der Waals surface area contributed by atoms with Gasteiger partial charge in [-0.25, -0.2) is 14.6 Å². The van der Waals surface area contributed by atoms with Gasteiger partial charge >= 0.3 is 17.7 Å². The lowest BCUT2D eigenvalue weighted by atomic mass is 10.2. The minimum Gasteiger partial charge on any atom is -0.476 e. The Balaban J connectivity index is 2.30. The largest absolute Gasteiger partial charge is 0.476 e. The Hall–Kier alpha value is -2.00. The molecule has 1 aliphatic rings. The number of hydrogen-bond donors (Lipinski definition) is 3. The third-order valence-corrected chi connectivity index (χ3v) is 3.60. The zero-order chi connectivity index (χ0) is 14.2. The first-order valence-electron chi connectivity index (χ1n) is 5.10. The highest BCUT2D eigenvalue weighted by molar-refractivity contribution is 8.03. The zero-order valence-corrected chi connectivity index (χ0v) is 10.5. The summed E-state index contributed by atoms with van der Waals surface area (Å²) in [5.41, 5.74) is 0. The van der Waals surface area contributed by atoms with Crippen molar-refractivity contribution in [2.24, 2.45) is 7.05 Å². The molecule has 1 unspecified atom stereocenters. The maximum atomic E-state index is 11.0. The average molecular weight is 286 g/mol. The molecule has 0 saturated heterocycles. The summed E-state index contributed by atoms with van der Waals surface area (Å²) in [6, 6.07) is 0. The van der Waals surface area contributed by atoms with Crippen LogP contribution in [0.3, 0.4) is 0 Å². The highest BCUT2D eigenvalue weighted by atomic mass is 32.2. The first-order valence-corrected chi connectivity index (χ1v) is 5.91. The third-order valence-electron chi connectivity index (χ3n) is 2.44. The van der Waals surface area contributed by atoms with E-state index in [-0.39, 0.29) is 4.91 Å². The quantitative estimate of drug-likeness (QED) is 0.707. The molecule has 3 N–H and O–H groups in total. The molecule has 9 heteroatoms. The average Bonchev–Trinajstić information content (AvgIpc) is 2.85. The molecule has 0 amide bonds. The molecule has 0 spiro atoms. The second-order valence-corrected chi connectivity index (χ2v) is 4.91. The van der Waals surface area contributed by atoms with Gasteiger partial charge in [-0.1, -0.05) is 11.8 Å². The molecule has 2 rings (SSSR count). The van der Waals surface area contributed by atoms with Crippen LogP contribution >= 0.6 is 11.8 Å². The van der Waals surface area contributed by atoms with Crippen molar-refractivity contribution >= 4 is 23.7 Å². The van der Waals surface area contributed by atoms with E-state index in [1.807, 2.05) is 0 Å². The smallest absolute Gasteiger partial charge is 0.377 e. The van der Waals surface area contributed by atoms with Crippen LogP contribution in [0.5, 0.6) is 0 Å². The third kappa shape index (κ3) is 2.42. The predicted molar refractivity (Wildman–Crippen MR) is 62.0 cm³/mol. The second kappa shape index (κ2) is 4.59. The standard InChI is InChI=1S/C10H10N2O6S/c1-12-3-2-11-9(12)19-5-4-10(17,8(15)16)18-6(5)7(13)14/h2-3,17H,4H2,1H3,(H,13,14)(H,15,16). The molecule has 8 nitrogen and oxygen atoms in total. The van der Waals surface area contributed by atoms with E-state index in [1.54, 1.807) is 17.8 Å². The summed E-state index contributed by atoms with van der Waals surface area (Å²) in [5, 5.41) is 28.0. The number of ether oxygens (including phenoxy) is 1. The van der Waals surface area contributed by atoms with Crippen LogP contribution in [0.2, 0.25) is 0 Å². The molecular weight excluding hydrogens is 276 g/mol. The fraction of sp³-hybridized carbons (Fsp3) is 0.300. The van der Waals surface area contributed by atoms with Gasteiger partial charge in [-0.3, -0.25) is 0 Å². The first-order chi connectivity index (χ1) is 8.83.